The van der Waals surface area contributed by atoms with E-state index in [1.54, 1.807) is 17.0 Å². The Hall–Kier alpha value is -1.33. The molecule has 0 N–H and O–H groups in total. The molecule has 88 valence electrons. The number of thiazole rings is 1. The fourth-order valence-electron chi connectivity index (χ4n) is 1.72. The van der Waals surface area contributed by atoms with E-state index in [1.165, 1.54) is 4.57 Å². The van der Waals surface area contributed by atoms with Crippen molar-refractivity contribution in [3.63, 3.8) is 0 Å². The predicted octanol–water partition coefficient (Wildman–Crippen LogP) is 1.56. The molecule has 0 saturated carbocycles. The Kier molecular flexibility index (Phi) is 2.45. The van der Waals surface area contributed by atoms with Crippen molar-refractivity contribution in [3.05, 3.63) is 32.9 Å². The first kappa shape index (κ1) is 10.8. The number of benzene rings is 1. The molecule has 0 aliphatic carbocycles. The molecule has 2 heterocycles. The molecule has 0 bridgehead atoms. The van der Waals surface area contributed by atoms with Crippen molar-refractivity contribution in [2.24, 2.45) is 0 Å². The minimum absolute atomic E-state index is 0.00762. The van der Waals surface area contributed by atoms with Gasteiger partial charge in [0.15, 0.2) is 0 Å². The van der Waals surface area contributed by atoms with Crippen LogP contribution in [0.4, 0.5) is 0 Å². The highest BCUT2D eigenvalue weighted by Crippen LogP contribution is 2.21. The minimum Gasteiger partial charge on any atom is -0.338 e. The Balaban J connectivity index is 2.07. The average Bonchev–Trinajstić information content (AvgIpc) is 3.08. The third-order valence-corrected chi connectivity index (χ3v) is 3.92. The highest BCUT2D eigenvalue weighted by molar-refractivity contribution is 7.16. The number of hydrogen-bond acceptors (Lipinski definition) is 3. The fourth-order valence-corrected chi connectivity index (χ4v) is 2.76. The van der Waals surface area contributed by atoms with Gasteiger partial charge in [-0.1, -0.05) is 22.9 Å². The first-order valence-electron chi connectivity index (χ1n) is 5.22. The molecule has 1 amide bonds. The second kappa shape index (κ2) is 3.85. The summed E-state index contributed by atoms with van der Waals surface area (Å²) in [5.74, 6) is -0.00762. The smallest absolute Gasteiger partial charge is 0.308 e. The largest absolute Gasteiger partial charge is 0.338 e. The third kappa shape index (κ3) is 1.96. The number of hydrogen-bond donors (Lipinski definition) is 0. The van der Waals surface area contributed by atoms with Crippen LogP contribution in [0.5, 0.6) is 0 Å². The third-order valence-electron chi connectivity index (χ3n) is 2.72. The van der Waals surface area contributed by atoms with Crippen molar-refractivity contribution in [1.29, 1.82) is 0 Å². The lowest BCUT2D eigenvalue weighted by atomic mass is 10.3. The van der Waals surface area contributed by atoms with Gasteiger partial charge in [0, 0.05) is 18.1 Å². The first-order valence-corrected chi connectivity index (χ1v) is 6.41. The second-order valence-corrected chi connectivity index (χ2v) is 5.38. The number of halogens is 1. The molecule has 1 aromatic carbocycles. The summed E-state index contributed by atoms with van der Waals surface area (Å²) >= 11 is 7.04. The maximum atomic E-state index is 11.8. The molecule has 3 rings (SSSR count). The molecule has 0 unspecified atom stereocenters. The van der Waals surface area contributed by atoms with Gasteiger partial charge in [0.05, 0.1) is 10.2 Å². The average molecular weight is 269 g/mol. The lowest BCUT2D eigenvalue weighted by Crippen LogP contribution is -2.23. The first-order chi connectivity index (χ1) is 8.15. The van der Waals surface area contributed by atoms with Crippen LogP contribution in [0.1, 0.15) is 0 Å². The Morgan fingerprint density at radius 2 is 2.18 bits per heavy atom. The van der Waals surface area contributed by atoms with Gasteiger partial charge >= 0.3 is 4.87 Å². The van der Waals surface area contributed by atoms with Crippen molar-refractivity contribution in [2.75, 3.05) is 13.1 Å². The quantitative estimate of drug-likeness (QED) is 0.776. The van der Waals surface area contributed by atoms with E-state index >= 15 is 0 Å². The molecular formula is C11H9ClN2O2S. The topological polar surface area (TPSA) is 42.1 Å². The van der Waals surface area contributed by atoms with Crippen LogP contribution >= 0.6 is 22.9 Å². The van der Waals surface area contributed by atoms with Gasteiger partial charge in [0.1, 0.15) is 6.54 Å². The van der Waals surface area contributed by atoms with Gasteiger partial charge in [0.25, 0.3) is 0 Å². The van der Waals surface area contributed by atoms with E-state index in [1.807, 2.05) is 6.07 Å². The van der Waals surface area contributed by atoms with Crippen LogP contribution in [0.15, 0.2) is 23.0 Å². The van der Waals surface area contributed by atoms with Crippen LogP contribution in [0, 0.1) is 0 Å². The monoisotopic (exact) mass is 268 g/mol. The molecule has 6 heteroatoms. The number of amides is 1. The van der Waals surface area contributed by atoms with E-state index in [0.29, 0.717) is 5.02 Å². The van der Waals surface area contributed by atoms with Crippen molar-refractivity contribution >= 4 is 39.1 Å². The number of carbonyl (C=O) groups is 1. The second-order valence-electron chi connectivity index (χ2n) is 3.95. The highest BCUT2D eigenvalue weighted by atomic mass is 35.5. The maximum Gasteiger partial charge on any atom is 0.308 e. The Labute approximate surface area is 106 Å². The zero-order valence-electron chi connectivity index (χ0n) is 8.85. The molecule has 1 aromatic heterocycles. The summed E-state index contributed by atoms with van der Waals surface area (Å²) in [5.41, 5.74) is 0.739. The molecule has 1 saturated heterocycles. The molecule has 4 nitrogen and oxygen atoms in total. The number of carbonyl (C=O) groups excluding carboxylic acids is 1. The summed E-state index contributed by atoms with van der Waals surface area (Å²) in [6.07, 6.45) is 0. The summed E-state index contributed by atoms with van der Waals surface area (Å²) < 4.78 is 2.35. The van der Waals surface area contributed by atoms with Gasteiger partial charge in [-0.05, 0) is 18.2 Å². The Bertz CT molecular complexity index is 657. The summed E-state index contributed by atoms with van der Waals surface area (Å²) in [6, 6.07) is 5.28. The lowest BCUT2D eigenvalue weighted by Gasteiger charge is -2.03. The molecule has 0 atom stereocenters. The molecule has 2 aromatic rings. The number of aromatic nitrogens is 1. The molecule has 17 heavy (non-hydrogen) atoms. The number of rotatable bonds is 2. The van der Waals surface area contributed by atoms with Crippen molar-refractivity contribution in [1.82, 2.24) is 9.47 Å². The number of fused-ring (bicyclic) bond motifs is 1. The molecule has 1 aliphatic rings. The van der Waals surface area contributed by atoms with E-state index in [2.05, 4.69) is 0 Å². The molecule has 0 spiro atoms. The normalized spacial score (nSPS) is 14.3. The molecule has 1 aliphatic heterocycles. The Morgan fingerprint density at radius 1 is 1.41 bits per heavy atom. The summed E-state index contributed by atoms with van der Waals surface area (Å²) in [7, 11) is 0. The van der Waals surface area contributed by atoms with E-state index in [0.717, 1.165) is 34.6 Å². The van der Waals surface area contributed by atoms with Gasteiger partial charge in [-0.2, -0.15) is 0 Å². The molecule has 1 fully saturated rings. The van der Waals surface area contributed by atoms with Crippen LogP contribution in [0.3, 0.4) is 0 Å². The lowest BCUT2D eigenvalue weighted by molar-refractivity contribution is -0.126. The van der Waals surface area contributed by atoms with Crippen LogP contribution in [-0.4, -0.2) is 28.5 Å². The van der Waals surface area contributed by atoms with Crippen molar-refractivity contribution < 1.29 is 4.79 Å². The van der Waals surface area contributed by atoms with Gasteiger partial charge in [-0.25, -0.2) is 0 Å². The van der Waals surface area contributed by atoms with E-state index in [4.69, 9.17) is 11.6 Å². The van der Waals surface area contributed by atoms with E-state index in [9.17, 15) is 9.59 Å². The summed E-state index contributed by atoms with van der Waals surface area (Å²) in [5, 5.41) is 0.572. The standard InChI is InChI=1S/C11H9ClN2O2S/c12-7-1-2-9-8(5-7)14(11(16)17-9)6-10(15)13-3-4-13/h1-2,5H,3-4,6H2. The minimum atomic E-state index is -0.113. The van der Waals surface area contributed by atoms with Crippen molar-refractivity contribution in [2.45, 2.75) is 6.54 Å². The van der Waals surface area contributed by atoms with E-state index in [-0.39, 0.29) is 17.3 Å². The Morgan fingerprint density at radius 3 is 2.88 bits per heavy atom. The van der Waals surface area contributed by atoms with Crippen LogP contribution < -0.4 is 4.87 Å². The van der Waals surface area contributed by atoms with Gasteiger partial charge in [0.2, 0.25) is 5.91 Å². The summed E-state index contributed by atoms with van der Waals surface area (Å²) in [6.45, 7) is 1.71. The summed E-state index contributed by atoms with van der Waals surface area (Å²) in [4.78, 5) is 25.1. The van der Waals surface area contributed by atoms with Crippen LogP contribution in [0.25, 0.3) is 10.2 Å². The van der Waals surface area contributed by atoms with Gasteiger partial charge < -0.3 is 4.90 Å². The fraction of sp³-hybridized carbons (Fsp3) is 0.273. The predicted molar refractivity (Wildman–Crippen MR) is 67.7 cm³/mol. The van der Waals surface area contributed by atoms with Crippen LogP contribution in [-0.2, 0) is 11.3 Å². The molecule has 0 radical (unpaired) electrons. The van der Waals surface area contributed by atoms with E-state index < -0.39 is 0 Å². The molecular weight excluding hydrogens is 260 g/mol. The highest BCUT2D eigenvalue weighted by Gasteiger charge is 2.25. The van der Waals surface area contributed by atoms with Gasteiger partial charge in [-0.3, -0.25) is 14.2 Å². The van der Waals surface area contributed by atoms with Crippen molar-refractivity contribution in [3.8, 4) is 0 Å². The van der Waals surface area contributed by atoms with Gasteiger partial charge in [-0.15, -0.1) is 0 Å². The number of nitrogens with zero attached hydrogens (tertiary/aromatic N) is 2. The maximum absolute atomic E-state index is 11.8. The zero-order chi connectivity index (χ0) is 12.0. The zero-order valence-corrected chi connectivity index (χ0v) is 10.4. The van der Waals surface area contributed by atoms with Crippen LogP contribution in [0.2, 0.25) is 5.02 Å². The SMILES string of the molecule is O=C(Cn1c(=O)sc2ccc(Cl)cc21)N1CC1.